The molecule has 10 heteroatoms. The molecule has 0 radical (unpaired) electrons. The molecule has 1 N–H and O–H groups in total. The Morgan fingerprint density at radius 3 is 2.64 bits per heavy atom. The Kier molecular flexibility index (Phi) is 8.79. The molecule has 172 valence electrons. The summed E-state index contributed by atoms with van der Waals surface area (Å²) in [7, 11) is 1.51. The van der Waals surface area contributed by atoms with E-state index in [-0.39, 0.29) is 24.1 Å². The lowest BCUT2D eigenvalue weighted by Crippen LogP contribution is -2.19. The van der Waals surface area contributed by atoms with E-state index < -0.39 is 0 Å². The first-order valence-electron chi connectivity index (χ1n) is 9.86. The quantitative estimate of drug-likeness (QED) is 0.184. The van der Waals surface area contributed by atoms with Gasteiger partial charge in [0.1, 0.15) is 12.4 Å². The molecule has 0 fully saturated rings. The molecule has 7 nitrogen and oxygen atoms in total. The topological polar surface area (TPSA) is 85.7 Å². The number of aryl methyl sites for hydroxylation is 2. The molecule has 1 heterocycles. The zero-order valence-corrected chi connectivity index (χ0v) is 20.7. The number of thioether (sulfide) groups is 1. The number of hydrogen-bond acceptors (Lipinski definition) is 7. The molecule has 1 amide bonds. The minimum Gasteiger partial charge on any atom is -0.493 e. The average Bonchev–Trinajstić information content (AvgIpc) is 2.77. The number of amides is 1. The molecule has 0 aliphatic carbocycles. The summed E-state index contributed by atoms with van der Waals surface area (Å²) in [4.78, 5) is 20.7. The van der Waals surface area contributed by atoms with E-state index in [0.717, 1.165) is 11.4 Å². The number of aromatic nitrogens is 2. The third-order valence-electron chi connectivity index (χ3n) is 4.28. The van der Waals surface area contributed by atoms with Crippen LogP contribution in [-0.4, -0.2) is 35.0 Å². The smallest absolute Gasteiger partial charge is 0.250 e. The summed E-state index contributed by atoms with van der Waals surface area (Å²) in [6, 6.07) is 11.7. The predicted molar refractivity (Wildman–Crippen MR) is 129 cm³/mol. The van der Waals surface area contributed by atoms with Crippen molar-refractivity contribution in [3.8, 4) is 11.5 Å². The van der Waals surface area contributed by atoms with Crippen molar-refractivity contribution >= 4 is 39.8 Å². The maximum atomic E-state index is 13.8. The first-order chi connectivity index (χ1) is 15.9. The Hall–Kier alpha value is -2.98. The van der Waals surface area contributed by atoms with E-state index in [9.17, 15) is 9.18 Å². The van der Waals surface area contributed by atoms with Crippen molar-refractivity contribution in [3.05, 3.63) is 75.3 Å². The highest BCUT2D eigenvalue weighted by Crippen LogP contribution is 2.37. The molecule has 0 unspecified atom stereocenters. The predicted octanol–water partition coefficient (Wildman–Crippen LogP) is 4.83. The molecular formula is C23H22BrFN4O3S. The van der Waals surface area contributed by atoms with E-state index in [4.69, 9.17) is 9.47 Å². The molecule has 2 aromatic carbocycles. The molecular weight excluding hydrogens is 511 g/mol. The van der Waals surface area contributed by atoms with Gasteiger partial charge in [-0.1, -0.05) is 30.0 Å². The number of hydrazone groups is 1. The highest BCUT2D eigenvalue weighted by molar-refractivity contribution is 9.10. The van der Waals surface area contributed by atoms with Gasteiger partial charge in [0.25, 0.3) is 5.91 Å². The second-order valence-electron chi connectivity index (χ2n) is 6.93. The second kappa shape index (κ2) is 11.8. The Balaban J connectivity index is 1.59. The molecule has 0 spiro atoms. The van der Waals surface area contributed by atoms with E-state index in [1.807, 2.05) is 19.9 Å². The largest absolute Gasteiger partial charge is 0.493 e. The van der Waals surface area contributed by atoms with Crippen LogP contribution >= 0.6 is 27.7 Å². The Morgan fingerprint density at radius 2 is 1.94 bits per heavy atom. The van der Waals surface area contributed by atoms with Crippen LogP contribution in [0, 0.1) is 19.7 Å². The fraction of sp³-hybridized carbons (Fsp3) is 0.217. The van der Waals surface area contributed by atoms with Gasteiger partial charge in [-0.3, -0.25) is 4.79 Å². The van der Waals surface area contributed by atoms with Gasteiger partial charge in [-0.15, -0.1) is 0 Å². The van der Waals surface area contributed by atoms with Crippen LogP contribution in [0.25, 0.3) is 0 Å². The van der Waals surface area contributed by atoms with E-state index in [0.29, 0.717) is 32.3 Å². The summed E-state index contributed by atoms with van der Waals surface area (Å²) in [5, 5.41) is 4.54. The highest BCUT2D eigenvalue weighted by Gasteiger charge is 2.13. The van der Waals surface area contributed by atoms with Crippen molar-refractivity contribution in [2.75, 3.05) is 12.9 Å². The van der Waals surface area contributed by atoms with Crippen molar-refractivity contribution in [2.45, 2.75) is 25.6 Å². The molecule has 0 bridgehead atoms. The van der Waals surface area contributed by atoms with Gasteiger partial charge in [-0.25, -0.2) is 19.8 Å². The molecule has 0 atom stereocenters. The van der Waals surface area contributed by atoms with Gasteiger partial charge in [0.2, 0.25) is 0 Å². The highest BCUT2D eigenvalue weighted by atomic mass is 79.9. The molecule has 1 aromatic heterocycles. The molecule has 0 aliphatic heterocycles. The monoisotopic (exact) mass is 532 g/mol. The lowest BCUT2D eigenvalue weighted by atomic mass is 10.2. The first kappa shape index (κ1) is 24.7. The third-order valence-corrected chi connectivity index (χ3v) is 5.71. The van der Waals surface area contributed by atoms with Crippen LogP contribution in [0.4, 0.5) is 4.39 Å². The van der Waals surface area contributed by atoms with E-state index in [2.05, 4.69) is 36.4 Å². The Bertz CT molecular complexity index is 1160. The molecule has 0 saturated heterocycles. The number of benzene rings is 2. The fourth-order valence-corrected chi connectivity index (χ4v) is 4.14. The van der Waals surface area contributed by atoms with Crippen molar-refractivity contribution in [3.63, 3.8) is 0 Å². The van der Waals surface area contributed by atoms with Crippen LogP contribution in [-0.2, 0) is 11.4 Å². The standard InChI is InChI=1S/C23H22BrFN4O3S/c1-14-8-15(2)28-23(27-14)33-13-21(30)29-26-11-16-9-18(24)22(20(10-16)31-3)32-12-17-6-4-5-7-19(17)25/h4-11H,12-13H2,1-3H3,(H,29,30)/b26-11-. The molecule has 33 heavy (non-hydrogen) atoms. The lowest BCUT2D eigenvalue weighted by molar-refractivity contribution is -0.118. The van der Waals surface area contributed by atoms with Crippen LogP contribution in [0.2, 0.25) is 0 Å². The molecule has 3 aromatic rings. The summed E-state index contributed by atoms with van der Waals surface area (Å²) < 4.78 is 25.6. The minimum atomic E-state index is -0.339. The van der Waals surface area contributed by atoms with Crippen molar-refractivity contribution < 1.29 is 18.7 Å². The number of nitrogens with zero attached hydrogens (tertiary/aromatic N) is 3. The lowest BCUT2D eigenvalue weighted by Gasteiger charge is -2.14. The Morgan fingerprint density at radius 1 is 1.21 bits per heavy atom. The second-order valence-corrected chi connectivity index (χ2v) is 8.73. The average molecular weight is 533 g/mol. The summed E-state index contributed by atoms with van der Waals surface area (Å²) in [5.41, 5.74) is 5.29. The zero-order chi connectivity index (χ0) is 23.8. The van der Waals surface area contributed by atoms with Crippen LogP contribution < -0.4 is 14.9 Å². The van der Waals surface area contributed by atoms with Crippen molar-refractivity contribution in [1.82, 2.24) is 15.4 Å². The van der Waals surface area contributed by atoms with Crippen LogP contribution in [0.5, 0.6) is 11.5 Å². The van der Waals surface area contributed by atoms with Gasteiger partial charge in [0.05, 0.1) is 23.5 Å². The van der Waals surface area contributed by atoms with Crippen LogP contribution in [0.3, 0.4) is 0 Å². The van der Waals surface area contributed by atoms with Gasteiger partial charge in [0.15, 0.2) is 16.7 Å². The molecule has 0 aliphatic rings. The number of nitrogens with one attached hydrogen (secondary N) is 1. The zero-order valence-electron chi connectivity index (χ0n) is 18.3. The van der Waals surface area contributed by atoms with Gasteiger partial charge in [-0.05, 0) is 59.6 Å². The van der Waals surface area contributed by atoms with Crippen molar-refractivity contribution in [2.24, 2.45) is 5.10 Å². The van der Waals surface area contributed by atoms with Gasteiger partial charge >= 0.3 is 0 Å². The maximum absolute atomic E-state index is 13.8. The van der Waals surface area contributed by atoms with Crippen LogP contribution in [0.1, 0.15) is 22.5 Å². The number of carbonyl (C=O) groups excluding carboxylic acids is 1. The Labute approximate surface area is 203 Å². The number of methoxy groups -OCH3 is 1. The van der Waals surface area contributed by atoms with Gasteiger partial charge in [-0.2, -0.15) is 5.10 Å². The SMILES string of the molecule is COc1cc(/C=N\NC(=O)CSc2nc(C)cc(C)n2)cc(Br)c1OCc1ccccc1F. The number of ether oxygens (including phenoxy) is 2. The molecule has 3 rings (SSSR count). The van der Waals surface area contributed by atoms with Gasteiger partial charge < -0.3 is 9.47 Å². The summed E-state index contributed by atoms with van der Waals surface area (Å²) in [6.45, 7) is 3.81. The van der Waals surface area contributed by atoms with E-state index in [1.165, 1.54) is 31.2 Å². The summed E-state index contributed by atoms with van der Waals surface area (Å²) in [6.07, 6.45) is 1.49. The van der Waals surface area contributed by atoms with Crippen LogP contribution in [0.15, 0.2) is 57.2 Å². The maximum Gasteiger partial charge on any atom is 0.250 e. The number of rotatable bonds is 9. The normalized spacial score (nSPS) is 10.9. The number of halogens is 2. The number of carbonyl (C=O) groups is 1. The summed E-state index contributed by atoms with van der Waals surface area (Å²) in [5.74, 6) is 0.391. The van der Waals surface area contributed by atoms with Crippen molar-refractivity contribution in [1.29, 1.82) is 0 Å². The molecule has 0 saturated carbocycles. The van der Waals surface area contributed by atoms with E-state index >= 15 is 0 Å². The van der Waals surface area contributed by atoms with Gasteiger partial charge in [0, 0.05) is 17.0 Å². The number of hydrogen-bond donors (Lipinski definition) is 1. The first-order valence-corrected chi connectivity index (χ1v) is 11.6. The van der Waals surface area contributed by atoms with E-state index in [1.54, 1.807) is 30.3 Å². The minimum absolute atomic E-state index is 0.0486. The fourth-order valence-electron chi connectivity index (χ4n) is 2.82. The summed E-state index contributed by atoms with van der Waals surface area (Å²) >= 11 is 4.69. The third kappa shape index (κ3) is 7.26.